The number of amides is 3. The van der Waals surface area contributed by atoms with Gasteiger partial charge in [-0.15, -0.1) is 0 Å². The average molecular weight is 412 g/mol. The van der Waals surface area contributed by atoms with E-state index in [4.69, 9.17) is 4.74 Å². The van der Waals surface area contributed by atoms with Crippen molar-refractivity contribution in [2.24, 2.45) is 23.7 Å². The second-order valence-electron chi connectivity index (χ2n) is 8.40. The number of imide groups is 1. The summed E-state index contributed by atoms with van der Waals surface area (Å²) in [6, 6.07) is 5.34. The number of ketones is 1. The highest BCUT2D eigenvalue weighted by atomic mass is 16.5. The van der Waals surface area contributed by atoms with Crippen LogP contribution >= 0.6 is 0 Å². The highest BCUT2D eigenvalue weighted by Crippen LogP contribution is 2.56. The summed E-state index contributed by atoms with van der Waals surface area (Å²) in [4.78, 5) is 62.6. The molecule has 0 spiro atoms. The van der Waals surface area contributed by atoms with Crippen LogP contribution in [-0.4, -0.2) is 47.0 Å². The van der Waals surface area contributed by atoms with Gasteiger partial charge < -0.3 is 10.1 Å². The molecule has 3 fully saturated rings. The Morgan fingerprint density at radius 1 is 1.13 bits per heavy atom. The van der Waals surface area contributed by atoms with E-state index in [2.05, 4.69) is 5.32 Å². The Hall–Kier alpha value is -3.03. The minimum atomic E-state index is -1.07. The fraction of sp³-hybridized carbons (Fsp3) is 0.500. The van der Waals surface area contributed by atoms with Crippen molar-refractivity contribution in [3.8, 4) is 0 Å². The quantitative estimate of drug-likeness (QED) is 0.433. The molecule has 5 atom stereocenters. The lowest BCUT2D eigenvalue weighted by Gasteiger charge is -2.23. The van der Waals surface area contributed by atoms with Crippen LogP contribution in [0.4, 0.5) is 5.69 Å². The number of carbonyl (C=O) groups excluding carboxylic acids is 5. The van der Waals surface area contributed by atoms with E-state index >= 15 is 0 Å². The molecule has 1 saturated heterocycles. The second kappa shape index (κ2) is 7.66. The van der Waals surface area contributed by atoms with Gasteiger partial charge in [-0.3, -0.25) is 24.1 Å². The predicted molar refractivity (Wildman–Crippen MR) is 105 cm³/mol. The lowest BCUT2D eigenvalue weighted by Crippen LogP contribution is -2.45. The largest absolute Gasteiger partial charge is 0.454 e. The molecule has 8 heteroatoms. The summed E-state index contributed by atoms with van der Waals surface area (Å²) in [7, 11) is 0. The summed E-state index contributed by atoms with van der Waals surface area (Å²) < 4.78 is 5.05. The number of likely N-dealkylation sites (tertiary alicyclic amines) is 1. The average Bonchev–Trinajstić information content (AvgIpc) is 3.39. The summed E-state index contributed by atoms with van der Waals surface area (Å²) in [5.74, 6) is -2.21. The number of hydrogen-bond donors (Lipinski definition) is 1. The van der Waals surface area contributed by atoms with Crippen molar-refractivity contribution in [2.45, 2.75) is 39.2 Å². The summed E-state index contributed by atoms with van der Waals surface area (Å²) in [6.07, 6.45) is 2.84. The molecule has 1 aliphatic heterocycles. The zero-order chi connectivity index (χ0) is 21.6. The fourth-order valence-electron chi connectivity index (χ4n) is 5.19. The molecule has 2 bridgehead atoms. The topological polar surface area (TPSA) is 110 Å². The van der Waals surface area contributed by atoms with Crippen LogP contribution in [0.2, 0.25) is 0 Å². The number of fused-ring (bicyclic) bond motifs is 5. The Kier molecular flexibility index (Phi) is 5.17. The second-order valence-corrected chi connectivity index (χ2v) is 8.40. The zero-order valence-corrected chi connectivity index (χ0v) is 16.9. The molecule has 1 aromatic rings. The van der Waals surface area contributed by atoms with Crippen LogP contribution < -0.4 is 5.32 Å². The fourth-order valence-corrected chi connectivity index (χ4v) is 5.19. The molecule has 0 radical (unpaired) electrons. The molecular formula is C22H24N2O6. The van der Waals surface area contributed by atoms with E-state index in [1.807, 2.05) is 0 Å². The van der Waals surface area contributed by atoms with Crippen molar-refractivity contribution in [3.05, 3.63) is 29.8 Å². The van der Waals surface area contributed by atoms with Crippen LogP contribution in [0.1, 0.15) is 43.5 Å². The normalized spacial score (nSPS) is 27.7. The van der Waals surface area contributed by atoms with Gasteiger partial charge in [0.2, 0.25) is 11.8 Å². The number of carbonyl (C=O) groups is 5. The molecule has 8 nitrogen and oxygen atoms in total. The maximum absolute atomic E-state index is 12.8. The first-order valence-corrected chi connectivity index (χ1v) is 10.2. The molecule has 1 aromatic carbocycles. The van der Waals surface area contributed by atoms with Gasteiger partial charge in [0.25, 0.3) is 5.91 Å². The van der Waals surface area contributed by atoms with Gasteiger partial charge in [-0.05, 0) is 57.1 Å². The van der Waals surface area contributed by atoms with Gasteiger partial charge in [0.05, 0.1) is 11.8 Å². The molecule has 1 N–H and O–H groups in total. The highest BCUT2D eigenvalue weighted by molar-refractivity contribution is 6.08. The first-order valence-electron chi connectivity index (χ1n) is 10.2. The lowest BCUT2D eigenvalue weighted by molar-refractivity contribution is -0.159. The van der Waals surface area contributed by atoms with Gasteiger partial charge in [-0.1, -0.05) is 12.1 Å². The van der Waals surface area contributed by atoms with Crippen LogP contribution in [0, 0.1) is 23.7 Å². The van der Waals surface area contributed by atoms with E-state index in [0.29, 0.717) is 11.3 Å². The van der Waals surface area contributed by atoms with Gasteiger partial charge in [-0.2, -0.15) is 0 Å². The Bertz CT molecular complexity index is 913. The molecule has 4 rings (SSSR count). The first kappa shape index (κ1) is 20.3. The van der Waals surface area contributed by atoms with Crippen LogP contribution in [-0.2, 0) is 23.9 Å². The van der Waals surface area contributed by atoms with Gasteiger partial charge >= 0.3 is 5.97 Å². The zero-order valence-electron chi connectivity index (χ0n) is 16.9. The first-order chi connectivity index (χ1) is 14.3. The SMILES string of the molecule is CC(=O)c1cccc(NC(=O)COC(=O)[C@H](C)N2C(=O)[C@H]3[C@H]4CC[C@@H](C4)[C@@H]3C2=O)c1. The van der Waals surface area contributed by atoms with Crippen LogP contribution in [0.25, 0.3) is 0 Å². The molecule has 3 aliphatic rings. The molecular weight excluding hydrogens is 388 g/mol. The van der Waals surface area contributed by atoms with Crippen LogP contribution in [0.3, 0.4) is 0 Å². The Morgan fingerprint density at radius 2 is 1.77 bits per heavy atom. The number of Topliss-reactive ketones (excluding diaryl/α,β-unsaturated/α-hetero) is 1. The van der Waals surface area contributed by atoms with Crippen molar-refractivity contribution in [2.75, 3.05) is 11.9 Å². The molecule has 2 aliphatic carbocycles. The molecule has 1 heterocycles. The molecule has 2 saturated carbocycles. The highest BCUT2D eigenvalue weighted by Gasteiger charge is 2.62. The van der Waals surface area contributed by atoms with E-state index in [9.17, 15) is 24.0 Å². The minimum absolute atomic E-state index is 0.135. The van der Waals surface area contributed by atoms with Crippen molar-refractivity contribution < 1.29 is 28.7 Å². The number of hydrogen-bond acceptors (Lipinski definition) is 6. The van der Waals surface area contributed by atoms with Crippen molar-refractivity contribution in [3.63, 3.8) is 0 Å². The summed E-state index contributed by atoms with van der Waals surface area (Å²) >= 11 is 0. The Balaban J connectivity index is 1.33. The van der Waals surface area contributed by atoms with Gasteiger partial charge in [0.1, 0.15) is 6.04 Å². The van der Waals surface area contributed by atoms with Crippen LogP contribution in [0.5, 0.6) is 0 Å². The lowest BCUT2D eigenvalue weighted by atomic mass is 9.81. The molecule has 0 unspecified atom stereocenters. The summed E-state index contributed by atoms with van der Waals surface area (Å²) in [6.45, 7) is 2.32. The molecule has 0 aromatic heterocycles. The van der Waals surface area contributed by atoms with Crippen molar-refractivity contribution in [1.82, 2.24) is 4.90 Å². The molecule has 30 heavy (non-hydrogen) atoms. The maximum Gasteiger partial charge on any atom is 0.329 e. The van der Waals surface area contributed by atoms with E-state index in [1.54, 1.807) is 18.2 Å². The molecule has 158 valence electrons. The number of anilines is 1. The number of benzene rings is 1. The third-order valence-electron chi connectivity index (χ3n) is 6.59. The van der Waals surface area contributed by atoms with E-state index < -0.39 is 24.5 Å². The Morgan fingerprint density at radius 3 is 2.37 bits per heavy atom. The maximum atomic E-state index is 12.8. The number of nitrogens with zero attached hydrogens (tertiary/aromatic N) is 1. The standard InChI is InChI=1S/C22H24N2O6/c1-11(24-20(27)18-14-6-7-15(8-14)19(18)21(24)28)22(29)30-10-17(26)23-16-5-3-4-13(9-16)12(2)25/h3-5,9,11,14-15,18-19H,6-8,10H2,1-2H3,(H,23,26)/t11-,14-,15-,18-,19-/m0/s1. The van der Waals surface area contributed by atoms with Gasteiger partial charge in [-0.25, -0.2) is 4.79 Å². The number of ether oxygens (including phenoxy) is 1. The third kappa shape index (κ3) is 3.40. The van der Waals surface area contributed by atoms with Crippen LogP contribution in [0.15, 0.2) is 24.3 Å². The van der Waals surface area contributed by atoms with E-state index in [1.165, 1.54) is 19.9 Å². The predicted octanol–water partition coefficient (Wildman–Crippen LogP) is 1.79. The van der Waals surface area contributed by atoms with E-state index in [-0.39, 0.29) is 41.3 Å². The Labute approximate surface area is 173 Å². The van der Waals surface area contributed by atoms with Gasteiger partial charge in [0.15, 0.2) is 12.4 Å². The third-order valence-corrected chi connectivity index (χ3v) is 6.59. The number of nitrogens with one attached hydrogen (secondary N) is 1. The number of rotatable bonds is 6. The summed E-state index contributed by atoms with van der Waals surface area (Å²) in [5, 5.41) is 2.55. The van der Waals surface area contributed by atoms with E-state index in [0.717, 1.165) is 24.2 Å². The van der Waals surface area contributed by atoms with Gasteiger partial charge in [0, 0.05) is 11.3 Å². The minimum Gasteiger partial charge on any atom is -0.454 e. The van der Waals surface area contributed by atoms with Crippen molar-refractivity contribution >= 4 is 35.2 Å². The smallest absolute Gasteiger partial charge is 0.329 e. The molecule has 3 amide bonds. The monoisotopic (exact) mass is 412 g/mol. The number of esters is 1. The van der Waals surface area contributed by atoms with Crippen molar-refractivity contribution in [1.29, 1.82) is 0 Å². The summed E-state index contributed by atoms with van der Waals surface area (Å²) in [5.41, 5.74) is 0.856.